The van der Waals surface area contributed by atoms with E-state index in [1.165, 1.54) is 24.1 Å². The molecule has 1 aromatic heterocycles. The lowest BCUT2D eigenvalue weighted by Crippen LogP contribution is -2.44. The molecule has 1 amide bonds. The normalized spacial score (nSPS) is 32.6. The number of carbonyl (C=O) groups excluding carboxylic acids is 1. The highest BCUT2D eigenvalue weighted by molar-refractivity contribution is 5.87. The number of hydrogen-bond donors (Lipinski definition) is 0. The van der Waals surface area contributed by atoms with Crippen LogP contribution in [-0.2, 0) is 4.79 Å². The molecule has 2 aliphatic heterocycles. The molecule has 0 spiro atoms. The molecule has 6 heteroatoms. The molecule has 3 heterocycles. The quantitative estimate of drug-likeness (QED) is 0.839. The van der Waals surface area contributed by atoms with Gasteiger partial charge in [0.15, 0.2) is 0 Å². The first-order valence-electron chi connectivity index (χ1n) is 7.05. The van der Waals surface area contributed by atoms with Gasteiger partial charge in [0.05, 0.1) is 12.2 Å². The summed E-state index contributed by atoms with van der Waals surface area (Å²) in [6, 6.07) is 0.782. The van der Waals surface area contributed by atoms with Gasteiger partial charge in [0, 0.05) is 19.2 Å². The maximum absolute atomic E-state index is 13.8. The molecule has 1 unspecified atom stereocenters. The Bertz CT molecular complexity index is 587. The van der Waals surface area contributed by atoms with Crippen LogP contribution < -0.4 is 0 Å². The number of carbonyl (C=O) groups is 1. The predicted molar refractivity (Wildman–Crippen MR) is 70.1 cm³/mol. The average Bonchev–Trinajstić information content (AvgIpc) is 2.89. The monoisotopic (exact) mass is 298 g/mol. The van der Waals surface area contributed by atoms with E-state index in [1.807, 2.05) is 0 Å². The topological polar surface area (TPSA) is 33.2 Å². The third-order valence-corrected chi connectivity index (χ3v) is 4.93. The van der Waals surface area contributed by atoms with Crippen LogP contribution in [0.3, 0.4) is 0 Å². The number of hydrogen-bond acceptors (Lipinski definition) is 2. The standard InChI is InChI=1S/C15H17F3N2O/c1-14(15(2,17)18)6-11-3-4-12(20(11)13(14)21)9-5-10(16)8-19-7-9/h5,7-8,11-12H,3-4,6H2,1-2H3/t11-,12-,14?/m1/s1. The van der Waals surface area contributed by atoms with Gasteiger partial charge in [-0.25, -0.2) is 13.2 Å². The van der Waals surface area contributed by atoms with Crippen molar-refractivity contribution in [2.75, 3.05) is 0 Å². The zero-order valence-electron chi connectivity index (χ0n) is 11.9. The zero-order chi connectivity index (χ0) is 15.4. The molecule has 0 aromatic carbocycles. The van der Waals surface area contributed by atoms with Gasteiger partial charge in [-0.2, -0.15) is 0 Å². The molecule has 3 rings (SSSR count). The Labute approximate surface area is 121 Å². The Morgan fingerprint density at radius 1 is 1.38 bits per heavy atom. The summed E-state index contributed by atoms with van der Waals surface area (Å²) in [6.07, 6.45) is 4.06. The van der Waals surface area contributed by atoms with Crippen molar-refractivity contribution in [3.8, 4) is 0 Å². The van der Waals surface area contributed by atoms with E-state index >= 15 is 0 Å². The molecule has 3 atom stereocenters. The summed E-state index contributed by atoms with van der Waals surface area (Å²) in [5, 5.41) is 0. The second kappa shape index (κ2) is 4.45. The minimum atomic E-state index is -3.07. The van der Waals surface area contributed by atoms with Crippen LogP contribution in [-0.4, -0.2) is 27.8 Å². The number of amides is 1. The Balaban J connectivity index is 1.95. The summed E-state index contributed by atoms with van der Waals surface area (Å²) < 4.78 is 41.0. The first-order valence-corrected chi connectivity index (χ1v) is 7.05. The van der Waals surface area contributed by atoms with Gasteiger partial charge in [-0.1, -0.05) is 0 Å². The summed E-state index contributed by atoms with van der Waals surface area (Å²) in [6.45, 7) is 2.13. The molecule has 3 nitrogen and oxygen atoms in total. The fraction of sp³-hybridized carbons (Fsp3) is 0.600. The van der Waals surface area contributed by atoms with Gasteiger partial charge in [-0.05, 0) is 37.8 Å². The Morgan fingerprint density at radius 2 is 2.10 bits per heavy atom. The first-order chi connectivity index (χ1) is 9.74. The summed E-state index contributed by atoms with van der Waals surface area (Å²) >= 11 is 0. The molecule has 0 saturated carbocycles. The molecule has 0 aliphatic carbocycles. The molecule has 2 aliphatic rings. The number of halogens is 3. The van der Waals surface area contributed by atoms with Crippen molar-refractivity contribution in [1.82, 2.24) is 9.88 Å². The largest absolute Gasteiger partial charge is 0.332 e. The number of fused-ring (bicyclic) bond motifs is 1. The number of aromatic nitrogens is 1. The second-order valence-corrected chi connectivity index (χ2v) is 6.32. The van der Waals surface area contributed by atoms with Gasteiger partial charge in [0.25, 0.3) is 5.92 Å². The summed E-state index contributed by atoms with van der Waals surface area (Å²) in [5.41, 5.74) is -1.09. The minimum absolute atomic E-state index is 0.147. The van der Waals surface area contributed by atoms with Gasteiger partial charge in [0.2, 0.25) is 5.91 Å². The third kappa shape index (κ3) is 2.03. The molecule has 2 fully saturated rings. The van der Waals surface area contributed by atoms with Crippen molar-refractivity contribution in [3.05, 3.63) is 29.8 Å². The van der Waals surface area contributed by atoms with Crippen LogP contribution in [0.15, 0.2) is 18.5 Å². The van der Waals surface area contributed by atoms with E-state index < -0.39 is 23.1 Å². The predicted octanol–water partition coefficient (Wildman–Crippen LogP) is 3.32. The Hall–Kier alpha value is -1.59. The highest BCUT2D eigenvalue weighted by atomic mass is 19.3. The lowest BCUT2D eigenvalue weighted by atomic mass is 9.80. The minimum Gasteiger partial charge on any atom is -0.332 e. The van der Waals surface area contributed by atoms with E-state index in [9.17, 15) is 18.0 Å². The van der Waals surface area contributed by atoms with Gasteiger partial charge in [-0.3, -0.25) is 9.78 Å². The van der Waals surface area contributed by atoms with E-state index in [-0.39, 0.29) is 18.5 Å². The van der Waals surface area contributed by atoms with Crippen molar-refractivity contribution in [3.63, 3.8) is 0 Å². The smallest absolute Gasteiger partial charge is 0.259 e. The summed E-state index contributed by atoms with van der Waals surface area (Å²) in [4.78, 5) is 17.9. The Morgan fingerprint density at radius 3 is 2.71 bits per heavy atom. The van der Waals surface area contributed by atoms with Crippen LogP contribution >= 0.6 is 0 Å². The van der Waals surface area contributed by atoms with Gasteiger partial charge in [-0.15, -0.1) is 0 Å². The molecule has 0 N–H and O–H groups in total. The van der Waals surface area contributed by atoms with Crippen molar-refractivity contribution >= 4 is 5.91 Å². The number of rotatable bonds is 2. The third-order valence-electron chi connectivity index (χ3n) is 4.93. The highest BCUT2D eigenvalue weighted by Gasteiger charge is 2.62. The van der Waals surface area contributed by atoms with E-state index in [2.05, 4.69) is 4.98 Å². The van der Waals surface area contributed by atoms with Crippen molar-refractivity contribution in [2.45, 2.75) is 51.1 Å². The van der Waals surface area contributed by atoms with E-state index in [0.717, 1.165) is 13.1 Å². The van der Waals surface area contributed by atoms with Gasteiger partial charge >= 0.3 is 0 Å². The molecular formula is C15H17F3N2O. The summed E-state index contributed by atoms with van der Waals surface area (Å²) in [7, 11) is 0. The van der Waals surface area contributed by atoms with Crippen LogP contribution in [0.25, 0.3) is 0 Å². The fourth-order valence-corrected chi connectivity index (χ4v) is 3.54. The fourth-order valence-electron chi connectivity index (χ4n) is 3.54. The van der Waals surface area contributed by atoms with Crippen molar-refractivity contribution < 1.29 is 18.0 Å². The van der Waals surface area contributed by atoms with E-state index in [0.29, 0.717) is 18.4 Å². The van der Waals surface area contributed by atoms with Crippen LogP contribution in [0.5, 0.6) is 0 Å². The van der Waals surface area contributed by atoms with Gasteiger partial charge < -0.3 is 4.90 Å². The lowest BCUT2D eigenvalue weighted by Gasteiger charge is -2.31. The molecular weight excluding hydrogens is 281 g/mol. The van der Waals surface area contributed by atoms with Crippen LogP contribution in [0, 0.1) is 11.2 Å². The average molecular weight is 298 g/mol. The SMILES string of the molecule is CC(F)(F)C1(C)C[C@H]2CC[C@H](c3cncc(F)c3)N2C1=O. The molecule has 2 saturated heterocycles. The molecule has 114 valence electrons. The van der Waals surface area contributed by atoms with E-state index in [4.69, 9.17) is 0 Å². The van der Waals surface area contributed by atoms with Crippen LogP contribution in [0.4, 0.5) is 13.2 Å². The number of pyridine rings is 1. The highest BCUT2D eigenvalue weighted by Crippen LogP contribution is 2.54. The summed E-state index contributed by atoms with van der Waals surface area (Å²) in [5.74, 6) is -4.09. The first kappa shape index (κ1) is 14.4. The van der Waals surface area contributed by atoms with Crippen LogP contribution in [0.1, 0.15) is 44.7 Å². The van der Waals surface area contributed by atoms with Gasteiger partial charge in [0.1, 0.15) is 11.2 Å². The van der Waals surface area contributed by atoms with Crippen molar-refractivity contribution in [1.29, 1.82) is 0 Å². The lowest BCUT2D eigenvalue weighted by molar-refractivity contribution is -0.156. The maximum Gasteiger partial charge on any atom is 0.259 e. The maximum atomic E-state index is 13.8. The molecule has 0 bridgehead atoms. The Kier molecular flexibility index (Phi) is 3.04. The molecule has 0 radical (unpaired) electrons. The number of nitrogens with zero attached hydrogens (tertiary/aromatic N) is 2. The molecule has 1 aromatic rings. The number of alkyl halides is 2. The second-order valence-electron chi connectivity index (χ2n) is 6.32. The van der Waals surface area contributed by atoms with Crippen molar-refractivity contribution in [2.24, 2.45) is 5.41 Å². The zero-order valence-corrected chi connectivity index (χ0v) is 11.9. The van der Waals surface area contributed by atoms with Crippen LogP contribution in [0.2, 0.25) is 0 Å². The molecule has 21 heavy (non-hydrogen) atoms. The van der Waals surface area contributed by atoms with E-state index in [1.54, 1.807) is 0 Å².